The topological polar surface area (TPSA) is 72.2 Å². The molecule has 1 amide bonds. The van der Waals surface area contributed by atoms with E-state index in [1.54, 1.807) is 12.1 Å². The fourth-order valence-corrected chi connectivity index (χ4v) is 5.45. The largest absolute Gasteiger partial charge is 0.326 e. The van der Waals surface area contributed by atoms with Crippen LogP contribution in [0.25, 0.3) is 0 Å². The van der Waals surface area contributed by atoms with Gasteiger partial charge >= 0.3 is 0 Å². The average molecular weight is 369 g/mol. The summed E-state index contributed by atoms with van der Waals surface area (Å²) in [5.41, 5.74) is 0.465. The number of halogens is 2. The molecule has 0 aromatic heterocycles. The summed E-state index contributed by atoms with van der Waals surface area (Å²) in [6.07, 6.45) is 3.94. The first-order valence-corrected chi connectivity index (χ1v) is 9.08. The van der Waals surface area contributed by atoms with Crippen molar-refractivity contribution in [3.63, 3.8) is 0 Å². The fourth-order valence-electron chi connectivity index (χ4n) is 4.54. The van der Waals surface area contributed by atoms with E-state index in [4.69, 9.17) is 23.2 Å². The van der Waals surface area contributed by atoms with Crippen molar-refractivity contribution in [2.75, 3.05) is 5.32 Å². The molecule has 0 aliphatic heterocycles. The Morgan fingerprint density at radius 2 is 1.79 bits per heavy atom. The zero-order chi connectivity index (χ0) is 17.1. The van der Waals surface area contributed by atoms with Crippen LogP contribution >= 0.6 is 23.2 Å². The highest BCUT2D eigenvalue weighted by molar-refractivity contribution is 6.51. The Labute approximate surface area is 149 Å². The van der Waals surface area contributed by atoms with E-state index in [1.165, 1.54) is 12.1 Å². The lowest BCUT2D eigenvalue weighted by molar-refractivity contribution is -0.384. The third-order valence-corrected chi connectivity index (χ3v) is 7.07. The summed E-state index contributed by atoms with van der Waals surface area (Å²) in [4.78, 5) is 22.9. The van der Waals surface area contributed by atoms with E-state index in [0.717, 1.165) is 25.7 Å². The third kappa shape index (κ3) is 2.68. The second-order valence-corrected chi connectivity index (χ2v) is 8.64. The number of hydrogen-bond donors (Lipinski definition) is 1. The van der Waals surface area contributed by atoms with Gasteiger partial charge in [-0.2, -0.15) is 0 Å². The van der Waals surface area contributed by atoms with E-state index < -0.39 is 9.26 Å². The van der Waals surface area contributed by atoms with Crippen LogP contribution in [0.15, 0.2) is 24.3 Å². The molecule has 1 aromatic rings. The maximum Gasteiger partial charge on any atom is 0.271 e. The van der Waals surface area contributed by atoms with Crippen LogP contribution in [0.3, 0.4) is 0 Å². The molecule has 1 unspecified atom stereocenters. The summed E-state index contributed by atoms with van der Waals surface area (Å²) >= 11 is 12.6. The van der Waals surface area contributed by atoms with E-state index in [2.05, 4.69) is 5.32 Å². The van der Waals surface area contributed by atoms with Gasteiger partial charge in [-0.15, -0.1) is 23.2 Å². The molecular weight excluding hydrogens is 351 g/mol. The minimum Gasteiger partial charge on any atom is -0.326 e. The van der Waals surface area contributed by atoms with Crippen molar-refractivity contribution in [3.05, 3.63) is 34.4 Å². The van der Waals surface area contributed by atoms with Gasteiger partial charge in [0.25, 0.3) is 5.69 Å². The SMILES string of the molecule is O=C(Nc1cccc([N+](=O)[O-])c1)C1[C@H]2CC[C@H]3[C@@H](CC[C@@H]12)C3(Cl)Cl. The number of nitro groups is 1. The van der Waals surface area contributed by atoms with Gasteiger partial charge in [0.1, 0.15) is 4.33 Å². The van der Waals surface area contributed by atoms with Crippen LogP contribution in [0, 0.1) is 39.7 Å². The van der Waals surface area contributed by atoms with Crippen LogP contribution in [0.4, 0.5) is 11.4 Å². The van der Waals surface area contributed by atoms with E-state index in [-0.39, 0.29) is 17.5 Å². The van der Waals surface area contributed by atoms with Crippen LogP contribution in [0.5, 0.6) is 0 Å². The number of fused-ring (bicyclic) bond motifs is 2. The van der Waals surface area contributed by atoms with Gasteiger partial charge < -0.3 is 5.32 Å². The molecule has 5 atom stereocenters. The van der Waals surface area contributed by atoms with Crippen LogP contribution < -0.4 is 5.32 Å². The van der Waals surface area contributed by atoms with Crippen LogP contribution in [0.2, 0.25) is 0 Å². The Bertz CT molecular complexity index is 687. The first kappa shape index (κ1) is 16.2. The second-order valence-electron chi connectivity index (χ2n) is 7.19. The molecule has 24 heavy (non-hydrogen) atoms. The van der Waals surface area contributed by atoms with E-state index >= 15 is 0 Å². The number of nitrogens with zero attached hydrogens (tertiary/aromatic N) is 1. The van der Waals surface area contributed by atoms with Gasteiger partial charge in [-0.1, -0.05) is 6.07 Å². The molecule has 128 valence electrons. The van der Waals surface area contributed by atoms with Gasteiger partial charge in [0, 0.05) is 23.7 Å². The highest BCUT2D eigenvalue weighted by Gasteiger charge is 2.65. The normalized spacial score (nSPS) is 35.7. The number of benzene rings is 1. The molecule has 0 radical (unpaired) electrons. The van der Waals surface area contributed by atoms with Crippen molar-refractivity contribution in [3.8, 4) is 0 Å². The lowest BCUT2D eigenvalue weighted by Crippen LogP contribution is -2.15. The number of carbonyl (C=O) groups excluding carboxylic acids is 1. The molecule has 1 aromatic carbocycles. The maximum absolute atomic E-state index is 12.5. The van der Waals surface area contributed by atoms with Crippen molar-refractivity contribution >= 4 is 40.5 Å². The number of anilines is 1. The predicted molar refractivity (Wildman–Crippen MR) is 92.1 cm³/mol. The summed E-state index contributed by atoms with van der Waals surface area (Å²) in [5, 5.41) is 13.7. The molecule has 5 nitrogen and oxygen atoms in total. The number of amides is 1. The molecular formula is C17H18Cl2N2O3. The van der Waals surface area contributed by atoms with Crippen molar-refractivity contribution in [2.45, 2.75) is 30.0 Å². The Balaban J connectivity index is 1.39. The van der Waals surface area contributed by atoms with Gasteiger partial charge in [-0.3, -0.25) is 14.9 Å². The smallest absolute Gasteiger partial charge is 0.271 e. The molecule has 1 N–H and O–H groups in total. The zero-order valence-electron chi connectivity index (χ0n) is 13.0. The standard InChI is InChI=1S/C17H18Cl2N2O3/c18-17(19)13-6-4-11-12(5-7-14(13)17)15(11)16(22)20-9-2-1-3-10(8-9)21(23)24/h1-3,8,11-15H,4-7H2,(H,20,22)/t11-,12+,13-,14+,15?. The molecule has 0 heterocycles. The van der Waals surface area contributed by atoms with Gasteiger partial charge in [-0.05, 0) is 55.4 Å². The first-order valence-electron chi connectivity index (χ1n) is 8.32. The molecule has 3 saturated carbocycles. The molecule has 7 heteroatoms. The third-order valence-electron chi connectivity index (χ3n) is 5.95. The average Bonchev–Trinajstić information content (AvgIpc) is 3.32. The fraction of sp³-hybridized carbons (Fsp3) is 0.588. The van der Waals surface area contributed by atoms with Crippen LogP contribution in [-0.4, -0.2) is 15.2 Å². The molecule has 3 aliphatic carbocycles. The van der Waals surface area contributed by atoms with Gasteiger partial charge in [0.05, 0.1) is 4.92 Å². The number of hydrogen-bond acceptors (Lipinski definition) is 3. The first-order chi connectivity index (χ1) is 11.4. The summed E-state index contributed by atoms with van der Waals surface area (Å²) in [7, 11) is 0. The number of nitrogens with one attached hydrogen (secondary N) is 1. The Kier molecular flexibility index (Phi) is 3.77. The molecule has 0 bridgehead atoms. The minimum absolute atomic E-state index is 0.0156. The van der Waals surface area contributed by atoms with E-state index in [9.17, 15) is 14.9 Å². The lowest BCUT2D eigenvalue weighted by atomic mass is 10.0. The van der Waals surface area contributed by atoms with Crippen molar-refractivity contribution in [1.29, 1.82) is 0 Å². The highest BCUT2D eigenvalue weighted by atomic mass is 35.5. The quantitative estimate of drug-likeness (QED) is 0.488. The van der Waals surface area contributed by atoms with Crippen LogP contribution in [0.1, 0.15) is 25.7 Å². The minimum atomic E-state index is -0.544. The molecule has 3 fully saturated rings. The number of rotatable bonds is 3. The Morgan fingerprint density at radius 3 is 2.38 bits per heavy atom. The van der Waals surface area contributed by atoms with E-state index in [0.29, 0.717) is 29.4 Å². The molecule has 3 aliphatic rings. The van der Waals surface area contributed by atoms with E-state index in [1.807, 2.05) is 0 Å². The lowest BCUT2D eigenvalue weighted by Gasteiger charge is -2.05. The number of alkyl halides is 2. The van der Waals surface area contributed by atoms with Gasteiger partial charge in [-0.25, -0.2) is 0 Å². The van der Waals surface area contributed by atoms with Gasteiger partial charge in [0.15, 0.2) is 0 Å². The second kappa shape index (κ2) is 5.60. The number of nitro benzene ring substituents is 1. The molecule has 4 rings (SSSR count). The predicted octanol–water partition coefficient (Wildman–Crippen LogP) is 4.39. The van der Waals surface area contributed by atoms with Crippen molar-refractivity contribution < 1.29 is 9.72 Å². The maximum atomic E-state index is 12.5. The molecule has 0 saturated heterocycles. The summed E-state index contributed by atoms with van der Waals surface area (Å²) in [6.45, 7) is 0. The molecule has 0 spiro atoms. The summed E-state index contributed by atoms with van der Waals surface area (Å²) < 4.78 is -0.544. The zero-order valence-corrected chi connectivity index (χ0v) is 14.5. The van der Waals surface area contributed by atoms with Crippen molar-refractivity contribution in [1.82, 2.24) is 0 Å². The van der Waals surface area contributed by atoms with Gasteiger partial charge in [0.2, 0.25) is 5.91 Å². The Hall–Kier alpha value is -1.33. The monoisotopic (exact) mass is 368 g/mol. The summed E-state index contributed by atoms with van der Waals surface area (Å²) in [6, 6.07) is 6.07. The summed E-state index contributed by atoms with van der Waals surface area (Å²) in [5.74, 6) is 1.54. The highest BCUT2D eigenvalue weighted by Crippen LogP contribution is 2.67. The Morgan fingerprint density at radius 1 is 1.17 bits per heavy atom. The van der Waals surface area contributed by atoms with Crippen LogP contribution in [-0.2, 0) is 4.79 Å². The number of carbonyl (C=O) groups is 1. The number of non-ortho nitro benzene ring substituents is 1. The van der Waals surface area contributed by atoms with Crippen molar-refractivity contribution in [2.24, 2.45) is 29.6 Å².